The van der Waals surface area contributed by atoms with E-state index in [1.165, 1.54) is 0 Å². The van der Waals surface area contributed by atoms with Gasteiger partial charge in [0.15, 0.2) is 5.82 Å². The standard InChI is InChI=1S/C12H20ClN3O3/c1-8-6-19-7-10(8)5-15-9(2)3-4-14-12(15)11(13)16(17)18/h8-10,14H,3-7H2,1-2H3. The SMILES string of the molecule is CC1COCC1CN1C(=C(Cl)[N+](=O)[O-])NCCC1C. The summed E-state index contributed by atoms with van der Waals surface area (Å²) < 4.78 is 5.46. The second-order valence-electron chi connectivity index (χ2n) is 5.39. The van der Waals surface area contributed by atoms with Crippen LogP contribution in [0.3, 0.4) is 0 Å². The molecule has 0 aromatic carbocycles. The molecule has 0 aromatic heterocycles. The molecule has 0 aliphatic carbocycles. The Bertz CT molecular complexity index is 388. The Morgan fingerprint density at radius 1 is 1.58 bits per heavy atom. The molecule has 2 rings (SSSR count). The Balaban J connectivity index is 2.17. The van der Waals surface area contributed by atoms with Gasteiger partial charge < -0.3 is 15.0 Å². The Hall–Kier alpha value is -1.01. The van der Waals surface area contributed by atoms with Gasteiger partial charge in [-0.1, -0.05) is 6.92 Å². The normalized spacial score (nSPS) is 34.1. The largest absolute Gasteiger partial charge is 0.381 e. The van der Waals surface area contributed by atoms with E-state index in [-0.39, 0.29) is 11.2 Å². The van der Waals surface area contributed by atoms with E-state index in [2.05, 4.69) is 19.2 Å². The molecule has 2 fully saturated rings. The van der Waals surface area contributed by atoms with Gasteiger partial charge in [-0.05, 0) is 30.9 Å². The molecule has 3 atom stereocenters. The van der Waals surface area contributed by atoms with E-state index in [4.69, 9.17) is 16.3 Å². The molecule has 0 bridgehead atoms. The van der Waals surface area contributed by atoms with E-state index in [0.717, 1.165) is 19.6 Å². The van der Waals surface area contributed by atoms with Crippen LogP contribution in [0.15, 0.2) is 11.0 Å². The minimum Gasteiger partial charge on any atom is -0.381 e. The van der Waals surface area contributed by atoms with Crippen LogP contribution >= 0.6 is 11.6 Å². The minimum absolute atomic E-state index is 0.248. The van der Waals surface area contributed by atoms with Crippen molar-refractivity contribution in [3.8, 4) is 0 Å². The third-order valence-corrected chi connectivity index (χ3v) is 4.30. The first-order chi connectivity index (χ1) is 9.00. The van der Waals surface area contributed by atoms with Gasteiger partial charge in [-0.25, -0.2) is 0 Å². The smallest absolute Gasteiger partial charge is 0.377 e. The van der Waals surface area contributed by atoms with Crippen LogP contribution in [0.1, 0.15) is 20.3 Å². The molecule has 0 radical (unpaired) electrons. The zero-order valence-corrected chi connectivity index (χ0v) is 12.0. The number of rotatable bonds is 3. The maximum Gasteiger partial charge on any atom is 0.377 e. The topological polar surface area (TPSA) is 67.6 Å². The highest BCUT2D eigenvalue weighted by atomic mass is 35.5. The van der Waals surface area contributed by atoms with Gasteiger partial charge in [-0.3, -0.25) is 10.1 Å². The third-order valence-electron chi connectivity index (χ3n) is 3.98. The minimum atomic E-state index is -0.538. The maximum absolute atomic E-state index is 10.9. The molecule has 108 valence electrons. The number of halogens is 1. The van der Waals surface area contributed by atoms with E-state index in [1.54, 1.807) is 0 Å². The van der Waals surface area contributed by atoms with Gasteiger partial charge in [-0.2, -0.15) is 0 Å². The van der Waals surface area contributed by atoms with Crippen molar-refractivity contribution >= 4 is 11.6 Å². The highest BCUT2D eigenvalue weighted by molar-refractivity contribution is 6.28. The van der Waals surface area contributed by atoms with Gasteiger partial charge >= 0.3 is 5.16 Å². The van der Waals surface area contributed by atoms with Crippen LogP contribution < -0.4 is 5.32 Å². The van der Waals surface area contributed by atoms with Crippen LogP contribution in [0, 0.1) is 22.0 Å². The van der Waals surface area contributed by atoms with Crippen molar-refractivity contribution in [2.24, 2.45) is 11.8 Å². The molecule has 2 aliphatic rings. The Labute approximate surface area is 117 Å². The van der Waals surface area contributed by atoms with Crippen molar-refractivity contribution < 1.29 is 9.66 Å². The Morgan fingerprint density at radius 3 is 2.89 bits per heavy atom. The number of ether oxygens (including phenoxy) is 1. The van der Waals surface area contributed by atoms with E-state index >= 15 is 0 Å². The zero-order chi connectivity index (χ0) is 14.0. The predicted octanol–water partition coefficient (Wildman–Crippen LogP) is 1.59. The van der Waals surface area contributed by atoms with Gasteiger partial charge in [0.1, 0.15) is 0 Å². The first-order valence-electron chi connectivity index (χ1n) is 6.63. The maximum atomic E-state index is 10.9. The molecule has 1 N–H and O–H groups in total. The van der Waals surface area contributed by atoms with Gasteiger partial charge in [0, 0.05) is 31.7 Å². The van der Waals surface area contributed by atoms with Crippen molar-refractivity contribution in [1.82, 2.24) is 10.2 Å². The van der Waals surface area contributed by atoms with Gasteiger partial charge in [0.05, 0.1) is 11.5 Å². The van der Waals surface area contributed by atoms with E-state index in [1.807, 2.05) is 4.90 Å². The van der Waals surface area contributed by atoms with Crippen molar-refractivity contribution in [3.63, 3.8) is 0 Å². The molecule has 2 heterocycles. The fourth-order valence-corrected chi connectivity index (χ4v) is 2.79. The van der Waals surface area contributed by atoms with E-state index in [9.17, 15) is 10.1 Å². The first-order valence-corrected chi connectivity index (χ1v) is 7.01. The molecule has 0 amide bonds. The lowest BCUT2D eigenvalue weighted by atomic mass is 9.96. The summed E-state index contributed by atoms with van der Waals surface area (Å²) in [4.78, 5) is 12.4. The van der Waals surface area contributed by atoms with Crippen LogP contribution in [0.25, 0.3) is 0 Å². The van der Waals surface area contributed by atoms with Crippen LogP contribution in [-0.2, 0) is 4.74 Å². The lowest BCUT2D eigenvalue weighted by Gasteiger charge is -2.38. The summed E-state index contributed by atoms with van der Waals surface area (Å²) in [5, 5.41) is 13.6. The van der Waals surface area contributed by atoms with Gasteiger partial charge in [0.25, 0.3) is 0 Å². The molecule has 0 saturated carbocycles. The second-order valence-corrected chi connectivity index (χ2v) is 5.75. The summed E-state index contributed by atoms with van der Waals surface area (Å²) >= 11 is 5.82. The van der Waals surface area contributed by atoms with Crippen LogP contribution in [-0.4, -0.2) is 42.2 Å². The quantitative estimate of drug-likeness (QED) is 0.485. The highest BCUT2D eigenvalue weighted by Gasteiger charge is 2.34. The zero-order valence-electron chi connectivity index (χ0n) is 11.3. The molecule has 6 nitrogen and oxygen atoms in total. The monoisotopic (exact) mass is 289 g/mol. The summed E-state index contributed by atoms with van der Waals surface area (Å²) in [7, 11) is 0. The van der Waals surface area contributed by atoms with Gasteiger partial charge in [-0.15, -0.1) is 0 Å². The average molecular weight is 290 g/mol. The Kier molecular flexibility index (Phi) is 4.52. The fourth-order valence-electron chi connectivity index (χ4n) is 2.62. The summed E-state index contributed by atoms with van der Waals surface area (Å²) in [5.74, 6) is 1.32. The summed E-state index contributed by atoms with van der Waals surface area (Å²) in [6.07, 6.45) is 0.952. The predicted molar refractivity (Wildman–Crippen MR) is 72.1 cm³/mol. The molecule has 0 aromatic rings. The fraction of sp³-hybridized carbons (Fsp3) is 0.833. The lowest BCUT2D eigenvalue weighted by molar-refractivity contribution is -0.415. The highest BCUT2D eigenvalue weighted by Crippen LogP contribution is 2.27. The molecule has 7 heteroatoms. The van der Waals surface area contributed by atoms with Gasteiger partial charge in [0.2, 0.25) is 0 Å². The number of nitro groups is 1. The average Bonchev–Trinajstić information content (AvgIpc) is 2.76. The number of hydrogen-bond acceptors (Lipinski definition) is 5. The lowest BCUT2D eigenvalue weighted by Crippen LogP contribution is -2.48. The van der Waals surface area contributed by atoms with Crippen LogP contribution in [0.4, 0.5) is 0 Å². The number of nitrogens with one attached hydrogen (secondary N) is 1. The molecular weight excluding hydrogens is 270 g/mol. The molecule has 0 spiro atoms. The molecule has 19 heavy (non-hydrogen) atoms. The van der Waals surface area contributed by atoms with E-state index < -0.39 is 4.92 Å². The molecule has 2 saturated heterocycles. The summed E-state index contributed by atoms with van der Waals surface area (Å²) in [6, 6.07) is 0.248. The van der Waals surface area contributed by atoms with Crippen LogP contribution in [0.2, 0.25) is 0 Å². The van der Waals surface area contributed by atoms with Crippen molar-refractivity contribution in [2.45, 2.75) is 26.3 Å². The third kappa shape index (κ3) is 3.12. The second kappa shape index (κ2) is 5.96. The van der Waals surface area contributed by atoms with Crippen molar-refractivity contribution in [2.75, 3.05) is 26.3 Å². The molecular formula is C12H20ClN3O3. The number of hydrogen-bond donors (Lipinski definition) is 1. The Morgan fingerprint density at radius 2 is 2.32 bits per heavy atom. The van der Waals surface area contributed by atoms with Crippen molar-refractivity contribution in [3.05, 3.63) is 21.1 Å². The molecule has 3 unspecified atom stereocenters. The summed E-state index contributed by atoms with van der Waals surface area (Å²) in [6.45, 7) is 7.17. The first kappa shape index (κ1) is 14.4. The van der Waals surface area contributed by atoms with Crippen molar-refractivity contribution in [1.29, 1.82) is 0 Å². The van der Waals surface area contributed by atoms with Crippen LogP contribution in [0.5, 0.6) is 0 Å². The number of nitrogens with zero attached hydrogens (tertiary/aromatic N) is 2. The summed E-state index contributed by atoms with van der Waals surface area (Å²) in [5.41, 5.74) is 0. The van der Waals surface area contributed by atoms with E-state index in [0.29, 0.717) is 30.8 Å². The molecule has 2 aliphatic heterocycles.